The molecule has 1 fully saturated rings. The maximum Gasteiger partial charge on any atom is 0.223 e. The van der Waals surface area contributed by atoms with Gasteiger partial charge in [-0.2, -0.15) is 0 Å². The second-order valence-electron chi connectivity index (χ2n) is 11.0. The van der Waals surface area contributed by atoms with Crippen LogP contribution in [0.25, 0.3) is 0 Å². The number of amides is 1. The van der Waals surface area contributed by atoms with Crippen LogP contribution in [0.1, 0.15) is 69.9 Å². The molecule has 1 amide bonds. The Morgan fingerprint density at radius 2 is 1.79 bits per heavy atom. The van der Waals surface area contributed by atoms with E-state index in [9.17, 15) is 9.90 Å². The van der Waals surface area contributed by atoms with Gasteiger partial charge in [-0.15, -0.1) is 0 Å². The van der Waals surface area contributed by atoms with E-state index >= 15 is 0 Å². The minimum Gasteiger partial charge on any atom is -0.507 e. The van der Waals surface area contributed by atoms with Crippen LogP contribution in [-0.4, -0.2) is 42.2 Å². The lowest BCUT2D eigenvalue weighted by Gasteiger charge is -2.38. The van der Waals surface area contributed by atoms with Crippen molar-refractivity contribution in [2.45, 2.75) is 58.8 Å². The average Bonchev–Trinajstić information content (AvgIpc) is 2.96. The topological polar surface area (TPSA) is 68.2 Å². The zero-order valence-corrected chi connectivity index (χ0v) is 23.4. The molecule has 3 aliphatic rings. The lowest BCUT2D eigenvalue weighted by atomic mass is 9.83. The number of benzene rings is 2. The quantitative estimate of drug-likeness (QED) is 0.370. The first-order chi connectivity index (χ1) is 19.0. The summed E-state index contributed by atoms with van der Waals surface area (Å²) in [5, 5.41) is 11.2. The number of carbonyl (C=O) groups is 1. The number of allylic oxidation sites excluding steroid dienone is 3. The van der Waals surface area contributed by atoms with Crippen LogP contribution in [0.15, 0.2) is 54.6 Å². The van der Waals surface area contributed by atoms with Crippen LogP contribution in [0.4, 0.5) is 0 Å². The van der Waals surface area contributed by atoms with Crippen molar-refractivity contribution in [3.63, 3.8) is 0 Å². The second-order valence-corrected chi connectivity index (χ2v) is 11.0. The van der Waals surface area contributed by atoms with Gasteiger partial charge in [-0.3, -0.25) is 4.79 Å². The first kappa shape index (κ1) is 27.2. The van der Waals surface area contributed by atoms with E-state index < -0.39 is 0 Å². The van der Waals surface area contributed by atoms with Crippen molar-refractivity contribution in [2.75, 3.05) is 26.3 Å². The highest BCUT2D eigenvalue weighted by Crippen LogP contribution is 2.51. The zero-order valence-electron chi connectivity index (χ0n) is 23.4. The maximum atomic E-state index is 13.8. The Morgan fingerprint density at radius 1 is 1.00 bits per heavy atom. The third-order valence-electron chi connectivity index (χ3n) is 8.37. The fourth-order valence-electron chi connectivity index (χ4n) is 6.12. The van der Waals surface area contributed by atoms with Crippen LogP contribution in [0.5, 0.6) is 28.7 Å². The fourth-order valence-corrected chi connectivity index (χ4v) is 6.12. The number of phenols is 1. The minimum atomic E-state index is -0.352. The molecule has 0 radical (unpaired) electrons. The van der Waals surface area contributed by atoms with E-state index in [1.165, 1.54) is 6.42 Å². The van der Waals surface area contributed by atoms with E-state index in [4.69, 9.17) is 14.2 Å². The highest BCUT2D eigenvalue weighted by molar-refractivity contribution is 5.79. The number of piperidine rings is 1. The van der Waals surface area contributed by atoms with E-state index in [-0.39, 0.29) is 24.0 Å². The molecule has 208 valence electrons. The van der Waals surface area contributed by atoms with Crippen molar-refractivity contribution in [3.8, 4) is 28.7 Å². The highest BCUT2D eigenvalue weighted by atomic mass is 16.5. The van der Waals surface area contributed by atoms with E-state index in [0.717, 1.165) is 43.7 Å². The summed E-state index contributed by atoms with van der Waals surface area (Å²) in [6.45, 7) is 8.99. The van der Waals surface area contributed by atoms with Crippen LogP contribution in [0.3, 0.4) is 0 Å². The molecule has 0 spiro atoms. The van der Waals surface area contributed by atoms with E-state index in [0.29, 0.717) is 53.8 Å². The van der Waals surface area contributed by atoms with Crippen LogP contribution < -0.4 is 14.2 Å². The van der Waals surface area contributed by atoms with Crippen molar-refractivity contribution in [2.24, 2.45) is 17.8 Å². The summed E-state index contributed by atoms with van der Waals surface area (Å²) < 4.78 is 18.1. The van der Waals surface area contributed by atoms with Crippen molar-refractivity contribution < 1.29 is 24.1 Å². The van der Waals surface area contributed by atoms with Gasteiger partial charge in [-0.1, -0.05) is 51.0 Å². The Labute approximate surface area is 232 Å². The first-order valence-corrected chi connectivity index (χ1v) is 14.5. The molecule has 5 rings (SSSR count). The van der Waals surface area contributed by atoms with Gasteiger partial charge in [0.25, 0.3) is 0 Å². The lowest BCUT2D eigenvalue weighted by Crippen LogP contribution is -2.44. The summed E-state index contributed by atoms with van der Waals surface area (Å²) in [5.41, 5.74) is 1.50. The van der Waals surface area contributed by atoms with Gasteiger partial charge in [-0.25, -0.2) is 0 Å². The molecule has 6 nitrogen and oxygen atoms in total. The number of carbonyl (C=O) groups excluding carboxylic acids is 1. The van der Waals surface area contributed by atoms with Crippen LogP contribution >= 0.6 is 0 Å². The number of likely N-dealkylation sites (tertiary alicyclic amines) is 1. The lowest BCUT2D eigenvalue weighted by molar-refractivity contribution is -0.134. The van der Waals surface area contributed by atoms with Gasteiger partial charge in [0.2, 0.25) is 5.91 Å². The van der Waals surface area contributed by atoms with Gasteiger partial charge < -0.3 is 24.2 Å². The summed E-state index contributed by atoms with van der Waals surface area (Å²) in [6.07, 6.45) is 13.0. The molecule has 0 saturated carbocycles. The number of nitrogens with zero attached hydrogens (tertiary/aromatic N) is 1. The maximum absolute atomic E-state index is 13.8. The predicted octanol–water partition coefficient (Wildman–Crippen LogP) is 7.21. The third kappa shape index (κ3) is 6.10. The van der Waals surface area contributed by atoms with Crippen LogP contribution in [0.2, 0.25) is 0 Å². The van der Waals surface area contributed by atoms with Crippen LogP contribution in [0, 0.1) is 17.8 Å². The highest BCUT2D eigenvalue weighted by Gasteiger charge is 2.36. The molecule has 2 aliphatic heterocycles. The molecule has 0 aromatic heterocycles. The molecule has 2 heterocycles. The van der Waals surface area contributed by atoms with Gasteiger partial charge in [0, 0.05) is 54.6 Å². The summed E-state index contributed by atoms with van der Waals surface area (Å²) >= 11 is 0. The molecule has 1 saturated heterocycles. The number of fused-ring (bicyclic) bond motifs is 2. The molecular formula is C33H41NO5. The standard InChI is InChI=1S/C33H41NO5/c1-4-22-14-23(5-2)20-34(19-22)32(36)18-28-27-15-25(38-21-24-10-8-7-9-11-24)12-13-30(27)39-31-17-26(37-6-3)16-29(35)33(28)31/h7-10,12-13,15-17,22-24,28,35H,4-6,11,14,18-21H2,1-3H3. The molecule has 2 aromatic carbocycles. The number of aromatic hydroxyl groups is 1. The summed E-state index contributed by atoms with van der Waals surface area (Å²) in [5.74, 6) is 3.75. The van der Waals surface area contributed by atoms with Crippen molar-refractivity contribution >= 4 is 5.91 Å². The molecular weight excluding hydrogens is 490 g/mol. The molecule has 1 N–H and O–H groups in total. The number of rotatable bonds is 9. The Kier molecular flexibility index (Phi) is 8.49. The van der Waals surface area contributed by atoms with Gasteiger partial charge >= 0.3 is 0 Å². The molecule has 4 unspecified atom stereocenters. The normalized spacial score (nSPS) is 23.5. The molecule has 6 heteroatoms. The predicted molar refractivity (Wildman–Crippen MR) is 153 cm³/mol. The van der Waals surface area contributed by atoms with Crippen molar-refractivity contribution in [1.29, 1.82) is 0 Å². The smallest absolute Gasteiger partial charge is 0.223 e. The molecule has 1 aliphatic carbocycles. The van der Waals surface area contributed by atoms with E-state index in [2.05, 4.69) is 43.1 Å². The van der Waals surface area contributed by atoms with Gasteiger partial charge in [0.15, 0.2) is 0 Å². The zero-order chi connectivity index (χ0) is 27.4. The monoisotopic (exact) mass is 531 g/mol. The summed E-state index contributed by atoms with van der Waals surface area (Å²) in [7, 11) is 0. The first-order valence-electron chi connectivity index (χ1n) is 14.5. The third-order valence-corrected chi connectivity index (χ3v) is 8.37. The van der Waals surface area contributed by atoms with E-state index in [1.54, 1.807) is 6.07 Å². The molecule has 39 heavy (non-hydrogen) atoms. The Hall–Kier alpha value is -3.41. The van der Waals surface area contributed by atoms with Gasteiger partial charge in [0.05, 0.1) is 13.2 Å². The largest absolute Gasteiger partial charge is 0.507 e. The van der Waals surface area contributed by atoms with Crippen molar-refractivity contribution in [3.05, 3.63) is 65.8 Å². The van der Waals surface area contributed by atoms with Gasteiger partial charge in [0.1, 0.15) is 28.7 Å². The molecule has 4 atom stereocenters. The van der Waals surface area contributed by atoms with Crippen LogP contribution in [-0.2, 0) is 4.79 Å². The summed E-state index contributed by atoms with van der Waals surface area (Å²) in [4.78, 5) is 15.9. The SMILES string of the molecule is CCOc1cc(O)c2c(c1)Oc1ccc(OCC3C=CC=CC3)cc1C2CC(=O)N1CC(CC)CC(CC)C1. The Balaban J connectivity index is 1.45. The molecule has 2 aromatic rings. The summed E-state index contributed by atoms with van der Waals surface area (Å²) in [6, 6.07) is 9.24. The fraction of sp³-hybridized carbons (Fsp3) is 0.485. The minimum absolute atomic E-state index is 0.0846. The number of hydrogen-bond donors (Lipinski definition) is 1. The van der Waals surface area contributed by atoms with Crippen molar-refractivity contribution in [1.82, 2.24) is 4.90 Å². The second kappa shape index (κ2) is 12.2. The Morgan fingerprint density at radius 3 is 2.49 bits per heavy atom. The number of hydrogen-bond acceptors (Lipinski definition) is 5. The van der Waals surface area contributed by atoms with E-state index in [1.807, 2.05) is 31.2 Å². The average molecular weight is 532 g/mol. The number of ether oxygens (including phenoxy) is 3. The number of phenolic OH excluding ortho intramolecular Hbond substituents is 1. The molecule has 0 bridgehead atoms. The van der Waals surface area contributed by atoms with Gasteiger partial charge in [-0.05, 0) is 49.8 Å². The Bertz CT molecular complexity index is 1220.